The van der Waals surface area contributed by atoms with Gasteiger partial charge in [-0.25, -0.2) is 4.79 Å². The molecule has 0 radical (unpaired) electrons. The highest BCUT2D eigenvalue weighted by Gasteiger charge is 2.30. The summed E-state index contributed by atoms with van der Waals surface area (Å²) in [6.07, 6.45) is 0.561. The second-order valence-corrected chi connectivity index (χ2v) is 6.20. The van der Waals surface area contributed by atoms with Gasteiger partial charge < -0.3 is 24.3 Å². The van der Waals surface area contributed by atoms with Crippen LogP contribution in [0, 0.1) is 0 Å². The van der Waals surface area contributed by atoms with E-state index in [0.29, 0.717) is 29.4 Å². The van der Waals surface area contributed by atoms with Crippen LogP contribution in [0.25, 0.3) is 0 Å². The van der Waals surface area contributed by atoms with E-state index >= 15 is 0 Å². The summed E-state index contributed by atoms with van der Waals surface area (Å²) >= 11 is 0. The molecule has 0 saturated carbocycles. The van der Waals surface area contributed by atoms with Crippen LogP contribution < -0.4 is 19.8 Å². The fourth-order valence-electron chi connectivity index (χ4n) is 3.36. The van der Waals surface area contributed by atoms with Crippen LogP contribution in [0.2, 0.25) is 0 Å². The number of carboxylic acids is 1. The molecule has 1 atom stereocenters. The standard InChI is InChI=1S/C19H19NO7/c1-25-15-6-10(7-16(26-2)17(15)27-3)9-4-13-11(14(21)5-9)8-12(19(23)24)18(22)20-13/h6-9H,4-5H2,1-3H3,(H,20,22)(H,23,24)/t9-/m0/s1. The van der Waals surface area contributed by atoms with Gasteiger partial charge in [0.25, 0.3) is 5.56 Å². The van der Waals surface area contributed by atoms with Crippen molar-refractivity contribution >= 4 is 11.8 Å². The molecule has 142 valence electrons. The number of benzene rings is 1. The number of hydrogen-bond donors (Lipinski definition) is 2. The molecular weight excluding hydrogens is 354 g/mol. The molecule has 1 aromatic heterocycles. The number of ether oxygens (including phenoxy) is 3. The quantitative estimate of drug-likeness (QED) is 0.824. The Kier molecular flexibility index (Phi) is 4.89. The number of Topliss-reactive ketones (excluding diaryl/α,β-unsaturated/α-hetero) is 1. The number of fused-ring (bicyclic) bond motifs is 1. The highest BCUT2D eigenvalue weighted by molar-refractivity contribution is 6.00. The number of ketones is 1. The molecule has 27 heavy (non-hydrogen) atoms. The van der Waals surface area contributed by atoms with Crippen molar-refractivity contribution in [3.8, 4) is 17.2 Å². The predicted molar refractivity (Wildman–Crippen MR) is 95.5 cm³/mol. The number of H-pyrrole nitrogens is 1. The third-order valence-corrected chi connectivity index (χ3v) is 4.69. The second-order valence-electron chi connectivity index (χ2n) is 6.20. The first-order valence-electron chi connectivity index (χ1n) is 8.22. The SMILES string of the molecule is COc1cc([C@@H]2CC(=O)c3cc(C(=O)O)c(=O)[nH]c3C2)cc(OC)c1OC. The van der Waals surface area contributed by atoms with E-state index < -0.39 is 17.1 Å². The molecule has 0 bridgehead atoms. The third kappa shape index (κ3) is 3.25. The summed E-state index contributed by atoms with van der Waals surface area (Å²) in [6, 6.07) is 4.70. The maximum atomic E-state index is 12.6. The summed E-state index contributed by atoms with van der Waals surface area (Å²) < 4.78 is 16.0. The molecule has 1 aliphatic rings. The van der Waals surface area contributed by atoms with Gasteiger partial charge in [-0.2, -0.15) is 0 Å². The first-order chi connectivity index (χ1) is 12.9. The van der Waals surface area contributed by atoms with Gasteiger partial charge in [-0.05, 0) is 36.1 Å². The average molecular weight is 373 g/mol. The number of aromatic carboxylic acids is 1. The molecular formula is C19H19NO7. The minimum atomic E-state index is -1.36. The van der Waals surface area contributed by atoms with Crippen molar-refractivity contribution in [2.75, 3.05) is 21.3 Å². The normalized spacial score (nSPS) is 15.8. The maximum absolute atomic E-state index is 12.6. The van der Waals surface area contributed by atoms with E-state index in [0.717, 1.165) is 11.6 Å². The molecule has 2 aromatic rings. The zero-order chi connectivity index (χ0) is 19.7. The van der Waals surface area contributed by atoms with Gasteiger partial charge >= 0.3 is 5.97 Å². The predicted octanol–water partition coefficient (Wildman–Crippen LogP) is 2.01. The first-order valence-corrected chi connectivity index (χ1v) is 8.22. The fourth-order valence-corrected chi connectivity index (χ4v) is 3.36. The van der Waals surface area contributed by atoms with Crippen LogP contribution in [0.15, 0.2) is 23.0 Å². The van der Waals surface area contributed by atoms with Crippen LogP contribution in [-0.4, -0.2) is 43.2 Å². The number of carboxylic acid groups (broad SMARTS) is 1. The number of nitrogens with one attached hydrogen (secondary N) is 1. The molecule has 1 heterocycles. The van der Waals surface area contributed by atoms with Crippen molar-refractivity contribution in [3.63, 3.8) is 0 Å². The Balaban J connectivity index is 2.05. The van der Waals surface area contributed by atoms with Gasteiger partial charge in [0.05, 0.1) is 21.3 Å². The summed E-state index contributed by atoms with van der Waals surface area (Å²) in [5.41, 5.74) is 0.315. The minimum Gasteiger partial charge on any atom is -0.493 e. The van der Waals surface area contributed by atoms with Crippen LogP contribution in [0.4, 0.5) is 0 Å². The second kappa shape index (κ2) is 7.14. The largest absolute Gasteiger partial charge is 0.493 e. The summed E-state index contributed by atoms with van der Waals surface area (Å²) in [6.45, 7) is 0. The van der Waals surface area contributed by atoms with Gasteiger partial charge in [0.15, 0.2) is 17.3 Å². The van der Waals surface area contributed by atoms with Crippen molar-refractivity contribution in [1.29, 1.82) is 0 Å². The minimum absolute atomic E-state index is 0.177. The maximum Gasteiger partial charge on any atom is 0.341 e. The Hall–Kier alpha value is -3.29. The molecule has 1 aliphatic carbocycles. The van der Waals surface area contributed by atoms with Gasteiger partial charge in [0, 0.05) is 17.7 Å². The zero-order valence-electron chi connectivity index (χ0n) is 15.1. The van der Waals surface area contributed by atoms with Crippen LogP contribution in [0.5, 0.6) is 17.2 Å². The number of aromatic nitrogens is 1. The molecule has 0 fully saturated rings. The Morgan fingerprint density at radius 3 is 2.19 bits per heavy atom. The molecule has 8 nitrogen and oxygen atoms in total. The van der Waals surface area contributed by atoms with E-state index in [1.165, 1.54) is 21.3 Å². The Labute approximate surface area is 154 Å². The number of rotatable bonds is 5. The number of methoxy groups -OCH3 is 3. The van der Waals surface area contributed by atoms with Crippen molar-refractivity contribution in [3.05, 3.63) is 50.9 Å². The summed E-state index contributed by atoms with van der Waals surface area (Å²) in [7, 11) is 4.52. The Bertz CT molecular complexity index is 952. The number of pyridine rings is 1. The van der Waals surface area contributed by atoms with Crippen molar-refractivity contribution in [2.45, 2.75) is 18.8 Å². The lowest BCUT2D eigenvalue weighted by atomic mass is 9.81. The first kappa shape index (κ1) is 18.5. The van der Waals surface area contributed by atoms with E-state index in [1.807, 2.05) is 0 Å². The van der Waals surface area contributed by atoms with Crippen LogP contribution >= 0.6 is 0 Å². The molecule has 2 N–H and O–H groups in total. The fraction of sp³-hybridized carbons (Fsp3) is 0.316. The van der Waals surface area contributed by atoms with E-state index in [1.54, 1.807) is 12.1 Å². The summed E-state index contributed by atoms with van der Waals surface area (Å²) in [5.74, 6) is -0.414. The molecule has 3 rings (SSSR count). The molecule has 0 amide bonds. The van der Waals surface area contributed by atoms with Crippen molar-refractivity contribution in [1.82, 2.24) is 4.98 Å². The highest BCUT2D eigenvalue weighted by Crippen LogP contribution is 2.42. The molecule has 1 aromatic carbocycles. The third-order valence-electron chi connectivity index (χ3n) is 4.69. The van der Waals surface area contributed by atoms with Crippen LogP contribution in [-0.2, 0) is 6.42 Å². The lowest BCUT2D eigenvalue weighted by Gasteiger charge is -2.25. The van der Waals surface area contributed by atoms with Gasteiger partial charge in [-0.3, -0.25) is 9.59 Å². The molecule has 0 aliphatic heterocycles. The van der Waals surface area contributed by atoms with E-state index in [-0.39, 0.29) is 23.7 Å². The summed E-state index contributed by atoms with van der Waals surface area (Å²) in [5, 5.41) is 9.08. The molecule has 0 unspecified atom stereocenters. The Morgan fingerprint density at radius 2 is 1.67 bits per heavy atom. The van der Waals surface area contributed by atoms with Gasteiger partial charge in [0.1, 0.15) is 5.56 Å². The Morgan fingerprint density at radius 1 is 1.04 bits per heavy atom. The van der Waals surface area contributed by atoms with Crippen molar-refractivity contribution in [2.24, 2.45) is 0 Å². The monoisotopic (exact) mass is 373 g/mol. The summed E-state index contributed by atoms with van der Waals surface area (Å²) in [4.78, 5) is 38.2. The number of hydrogen-bond acceptors (Lipinski definition) is 6. The zero-order valence-corrected chi connectivity index (χ0v) is 15.1. The van der Waals surface area contributed by atoms with Crippen LogP contribution in [0.1, 0.15) is 44.3 Å². The molecule has 0 spiro atoms. The number of carbonyl (C=O) groups is 2. The highest BCUT2D eigenvalue weighted by atomic mass is 16.5. The lowest BCUT2D eigenvalue weighted by Crippen LogP contribution is -2.27. The molecule has 8 heteroatoms. The van der Waals surface area contributed by atoms with Crippen molar-refractivity contribution < 1.29 is 28.9 Å². The number of carbonyl (C=O) groups excluding carboxylic acids is 1. The van der Waals surface area contributed by atoms with Crippen LogP contribution in [0.3, 0.4) is 0 Å². The van der Waals surface area contributed by atoms with E-state index in [2.05, 4.69) is 4.98 Å². The van der Waals surface area contributed by atoms with Gasteiger partial charge in [-0.15, -0.1) is 0 Å². The van der Waals surface area contributed by atoms with Gasteiger partial charge in [-0.1, -0.05) is 0 Å². The van der Waals surface area contributed by atoms with E-state index in [4.69, 9.17) is 19.3 Å². The lowest BCUT2D eigenvalue weighted by molar-refractivity contribution is 0.0695. The van der Waals surface area contributed by atoms with Gasteiger partial charge in [0.2, 0.25) is 5.75 Å². The molecule has 0 saturated heterocycles. The average Bonchev–Trinajstić information content (AvgIpc) is 2.65. The van der Waals surface area contributed by atoms with E-state index in [9.17, 15) is 14.4 Å². The topological polar surface area (TPSA) is 115 Å². The smallest absolute Gasteiger partial charge is 0.341 e. The number of aromatic amines is 1.